The summed E-state index contributed by atoms with van der Waals surface area (Å²) in [5.74, 6) is 1.28. The van der Waals surface area contributed by atoms with Gasteiger partial charge < -0.3 is 9.47 Å². The number of pyridine rings is 1. The first-order valence-electron chi connectivity index (χ1n) is 8.71. The predicted octanol–water partition coefficient (Wildman–Crippen LogP) is 2.51. The second kappa shape index (κ2) is 7.33. The minimum atomic E-state index is 0.0324. The van der Waals surface area contributed by atoms with E-state index in [2.05, 4.69) is 24.1 Å². The highest BCUT2D eigenvalue weighted by atomic mass is 32.1. The van der Waals surface area contributed by atoms with E-state index in [4.69, 9.17) is 0 Å². The number of rotatable bonds is 4. The zero-order valence-corrected chi connectivity index (χ0v) is 15.4. The third-order valence-corrected chi connectivity index (χ3v) is 5.54. The van der Waals surface area contributed by atoms with E-state index in [0.717, 1.165) is 30.9 Å². The summed E-state index contributed by atoms with van der Waals surface area (Å²) in [6.07, 6.45) is 7.62. The van der Waals surface area contributed by atoms with E-state index in [9.17, 15) is 4.79 Å². The van der Waals surface area contributed by atoms with E-state index < -0.39 is 0 Å². The molecule has 1 amide bonds. The summed E-state index contributed by atoms with van der Waals surface area (Å²) in [5.41, 5.74) is 1.71. The van der Waals surface area contributed by atoms with Crippen molar-refractivity contribution >= 4 is 17.4 Å². The summed E-state index contributed by atoms with van der Waals surface area (Å²) in [4.78, 5) is 24.3. The Hall–Kier alpha value is -2.61. The number of hydrogen-bond donors (Lipinski definition) is 0. The highest BCUT2D eigenvalue weighted by Crippen LogP contribution is 2.28. The number of hydrogen-bond acceptors (Lipinski definition) is 6. The Labute approximate surface area is 155 Å². The van der Waals surface area contributed by atoms with Gasteiger partial charge in [-0.1, -0.05) is 10.6 Å². The van der Waals surface area contributed by atoms with Gasteiger partial charge in [0.15, 0.2) is 0 Å². The third kappa shape index (κ3) is 3.37. The molecule has 4 rings (SSSR count). The maximum Gasteiger partial charge on any atom is 0.267 e. The van der Waals surface area contributed by atoms with Gasteiger partial charge >= 0.3 is 0 Å². The van der Waals surface area contributed by atoms with Crippen molar-refractivity contribution in [2.24, 2.45) is 0 Å². The highest BCUT2D eigenvalue weighted by Gasteiger charge is 2.29. The fourth-order valence-electron chi connectivity index (χ4n) is 3.42. The highest BCUT2D eigenvalue weighted by molar-refractivity contribution is 7.07. The van der Waals surface area contributed by atoms with Crippen LogP contribution in [0.15, 0.2) is 36.8 Å². The molecule has 0 N–H and O–H groups in total. The summed E-state index contributed by atoms with van der Waals surface area (Å²) in [7, 11) is 0. The van der Waals surface area contributed by atoms with Crippen molar-refractivity contribution in [2.45, 2.75) is 32.2 Å². The largest absolute Gasteiger partial charge is 0.337 e. The molecule has 8 heteroatoms. The van der Waals surface area contributed by atoms with Crippen LogP contribution in [0.3, 0.4) is 0 Å². The lowest BCUT2D eigenvalue weighted by Crippen LogP contribution is -2.39. The number of nitrogens with zero attached hydrogens (tertiary/aromatic N) is 6. The minimum absolute atomic E-state index is 0.0324. The lowest BCUT2D eigenvalue weighted by atomic mass is 9.97. The molecule has 0 unspecified atom stereocenters. The van der Waals surface area contributed by atoms with Crippen LogP contribution in [0.5, 0.6) is 0 Å². The van der Waals surface area contributed by atoms with Gasteiger partial charge in [0, 0.05) is 37.6 Å². The Balaban J connectivity index is 1.51. The first-order chi connectivity index (χ1) is 12.7. The van der Waals surface area contributed by atoms with Gasteiger partial charge in [-0.05, 0) is 43.4 Å². The summed E-state index contributed by atoms with van der Waals surface area (Å²) in [5, 5.41) is 3.96. The van der Waals surface area contributed by atoms with Gasteiger partial charge in [-0.2, -0.15) is 0 Å². The Bertz CT molecular complexity index is 890. The number of carbonyl (C=O) groups is 1. The fourth-order valence-corrected chi connectivity index (χ4v) is 4.05. The second-order valence-corrected chi connectivity index (χ2v) is 7.27. The van der Waals surface area contributed by atoms with E-state index >= 15 is 0 Å². The third-order valence-electron chi connectivity index (χ3n) is 4.73. The molecule has 134 valence electrons. The molecule has 4 heterocycles. The van der Waals surface area contributed by atoms with Crippen molar-refractivity contribution in [3.05, 3.63) is 58.9 Å². The van der Waals surface area contributed by atoms with Crippen LogP contribution in [0, 0.1) is 6.92 Å². The number of carbonyl (C=O) groups excluding carboxylic acids is 1. The van der Waals surface area contributed by atoms with Crippen LogP contribution in [-0.4, -0.2) is 48.0 Å². The van der Waals surface area contributed by atoms with E-state index in [1.165, 1.54) is 11.5 Å². The smallest absolute Gasteiger partial charge is 0.267 e. The van der Waals surface area contributed by atoms with Crippen molar-refractivity contribution in [1.82, 2.24) is 29.0 Å². The number of likely N-dealkylation sites (tertiary alicyclic amines) is 1. The number of piperidine rings is 1. The summed E-state index contributed by atoms with van der Waals surface area (Å²) in [6.45, 7) is 3.97. The zero-order chi connectivity index (χ0) is 17.9. The molecule has 0 aliphatic carbocycles. The average molecular weight is 368 g/mol. The SMILES string of the molecule is Cc1nnsc1C(=O)N1CCC[C@@H](c2nccn2Cc2ccccn2)C1. The molecule has 3 aromatic rings. The topological polar surface area (TPSA) is 76.8 Å². The van der Waals surface area contributed by atoms with Crippen molar-refractivity contribution in [1.29, 1.82) is 0 Å². The second-order valence-electron chi connectivity index (χ2n) is 6.51. The Kier molecular flexibility index (Phi) is 4.75. The average Bonchev–Trinajstić information content (AvgIpc) is 3.31. The molecule has 3 aromatic heterocycles. The Morgan fingerprint density at radius 1 is 1.31 bits per heavy atom. The van der Waals surface area contributed by atoms with Crippen molar-refractivity contribution in [3.63, 3.8) is 0 Å². The maximum absolute atomic E-state index is 12.8. The van der Waals surface area contributed by atoms with Gasteiger partial charge in [0.2, 0.25) is 0 Å². The monoisotopic (exact) mass is 368 g/mol. The molecule has 1 fully saturated rings. The van der Waals surface area contributed by atoms with Crippen molar-refractivity contribution in [2.75, 3.05) is 13.1 Å². The van der Waals surface area contributed by atoms with Gasteiger partial charge in [0.1, 0.15) is 10.7 Å². The minimum Gasteiger partial charge on any atom is -0.337 e. The normalized spacial score (nSPS) is 17.4. The van der Waals surface area contributed by atoms with Gasteiger partial charge in [0.05, 0.1) is 17.9 Å². The summed E-state index contributed by atoms with van der Waals surface area (Å²) < 4.78 is 6.03. The predicted molar refractivity (Wildman–Crippen MR) is 98.1 cm³/mol. The van der Waals surface area contributed by atoms with Crippen LogP contribution in [0.1, 0.15) is 45.6 Å². The molecule has 1 aliphatic heterocycles. The van der Waals surface area contributed by atoms with Crippen LogP contribution in [0.25, 0.3) is 0 Å². The first kappa shape index (κ1) is 16.8. The Morgan fingerprint density at radius 2 is 2.23 bits per heavy atom. The number of aryl methyl sites for hydroxylation is 1. The molecule has 7 nitrogen and oxygen atoms in total. The van der Waals surface area contributed by atoms with Gasteiger partial charge in [-0.3, -0.25) is 9.78 Å². The van der Waals surface area contributed by atoms with E-state index in [-0.39, 0.29) is 11.8 Å². The van der Waals surface area contributed by atoms with Gasteiger partial charge in [-0.25, -0.2) is 4.98 Å². The van der Waals surface area contributed by atoms with Gasteiger partial charge in [0.25, 0.3) is 5.91 Å². The molecule has 0 aromatic carbocycles. The van der Waals surface area contributed by atoms with Crippen LogP contribution in [0.2, 0.25) is 0 Å². The first-order valence-corrected chi connectivity index (χ1v) is 9.49. The summed E-state index contributed by atoms with van der Waals surface area (Å²) in [6, 6.07) is 5.92. The molecular weight excluding hydrogens is 348 g/mol. The molecule has 0 radical (unpaired) electrons. The molecular formula is C18H20N6OS. The van der Waals surface area contributed by atoms with Crippen LogP contribution in [-0.2, 0) is 6.54 Å². The van der Waals surface area contributed by atoms with E-state index in [1.54, 1.807) is 6.20 Å². The molecule has 0 spiro atoms. The van der Waals surface area contributed by atoms with Gasteiger partial charge in [-0.15, -0.1) is 5.10 Å². The molecule has 0 bridgehead atoms. The molecule has 0 saturated carbocycles. The van der Waals surface area contributed by atoms with Crippen LogP contribution < -0.4 is 0 Å². The van der Waals surface area contributed by atoms with E-state index in [1.807, 2.05) is 42.4 Å². The molecule has 1 saturated heterocycles. The zero-order valence-electron chi connectivity index (χ0n) is 14.6. The Morgan fingerprint density at radius 3 is 3.00 bits per heavy atom. The standard InChI is InChI=1S/C18H20N6OS/c1-13-16(26-22-21-13)18(25)24-9-4-5-14(11-24)17-20-8-10-23(17)12-15-6-2-3-7-19-15/h2-3,6-8,10,14H,4-5,9,11-12H2,1H3/t14-/m1/s1. The lowest BCUT2D eigenvalue weighted by Gasteiger charge is -2.32. The molecule has 1 atom stereocenters. The van der Waals surface area contributed by atoms with Crippen LogP contribution in [0.4, 0.5) is 0 Å². The number of aromatic nitrogens is 5. The lowest BCUT2D eigenvalue weighted by molar-refractivity contribution is 0.0707. The quantitative estimate of drug-likeness (QED) is 0.707. The van der Waals surface area contributed by atoms with Crippen molar-refractivity contribution < 1.29 is 4.79 Å². The van der Waals surface area contributed by atoms with E-state index in [0.29, 0.717) is 23.7 Å². The molecule has 26 heavy (non-hydrogen) atoms. The maximum atomic E-state index is 12.8. The fraction of sp³-hybridized carbons (Fsp3) is 0.389. The van der Waals surface area contributed by atoms with Crippen LogP contribution >= 0.6 is 11.5 Å². The van der Waals surface area contributed by atoms with Crippen molar-refractivity contribution in [3.8, 4) is 0 Å². The summed E-state index contributed by atoms with van der Waals surface area (Å²) >= 11 is 1.17. The molecule has 1 aliphatic rings. The number of amides is 1. The number of imidazole rings is 1.